The van der Waals surface area contributed by atoms with E-state index < -0.39 is 0 Å². The van der Waals surface area contributed by atoms with Gasteiger partial charge in [0.15, 0.2) is 0 Å². The molecule has 5 rings (SSSR count). The maximum absolute atomic E-state index is 12.7. The van der Waals surface area contributed by atoms with Crippen molar-refractivity contribution >= 4 is 50.4 Å². The predicted octanol–water partition coefficient (Wildman–Crippen LogP) is 4.81. The molecule has 29 heavy (non-hydrogen) atoms. The molecule has 0 atom stereocenters. The lowest BCUT2D eigenvalue weighted by molar-refractivity contribution is 0.0739. The van der Waals surface area contributed by atoms with Gasteiger partial charge in [-0.15, -0.1) is 22.7 Å². The summed E-state index contributed by atoms with van der Waals surface area (Å²) in [5.41, 5.74) is 6.33. The summed E-state index contributed by atoms with van der Waals surface area (Å²) in [4.78, 5) is 32.2. The van der Waals surface area contributed by atoms with Crippen LogP contribution in [0.15, 0.2) is 59.4 Å². The van der Waals surface area contributed by atoms with Crippen molar-refractivity contribution in [2.75, 3.05) is 11.9 Å². The summed E-state index contributed by atoms with van der Waals surface area (Å²) < 4.78 is 0.992. The molecule has 0 spiro atoms. The minimum absolute atomic E-state index is 0.0675. The van der Waals surface area contributed by atoms with Gasteiger partial charge in [-0.05, 0) is 59.3 Å². The lowest BCUT2D eigenvalue weighted by Crippen LogP contribution is -2.35. The third-order valence-electron chi connectivity index (χ3n) is 5.09. The first-order valence-electron chi connectivity index (χ1n) is 9.26. The van der Waals surface area contributed by atoms with Crippen molar-refractivity contribution in [3.8, 4) is 0 Å². The van der Waals surface area contributed by atoms with E-state index in [2.05, 4.69) is 10.3 Å². The van der Waals surface area contributed by atoms with Crippen LogP contribution in [0.2, 0.25) is 0 Å². The van der Waals surface area contributed by atoms with Crippen LogP contribution in [0.3, 0.4) is 0 Å². The molecule has 5 nitrogen and oxygen atoms in total. The molecule has 1 N–H and O–H groups in total. The minimum atomic E-state index is -0.150. The van der Waals surface area contributed by atoms with Gasteiger partial charge in [0.1, 0.15) is 0 Å². The van der Waals surface area contributed by atoms with Gasteiger partial charge in [0.2, 0.25) is 0 Å². The molecule has 144 valence electrons. The van der Waals surface area contributed by atoms with Crippen molar-refractivity contribution in [3.63, 3.8) is 0 Å². The summed E-state index contributed by atoms with van der Waals surface area (Å²) >= 11 is 2.98. The molecule has 0 saturated carbocycles. The summed E-state index contributed by atoms with van der Waals surface area (Å²) in [6, 6.07) is 15.2. The second kappa shape index (κ2) is 7.42. The fraction of sp³-hybridized carbons (Fsp3) is 0.136. The minimum Gasteiger partial charge on any atom is -0.333 e. The van der Waals surface area contributed by atoms with Crippen LogP contribution in [0.1, 0.15) is 31.2 Å². The highest BCUT2D eigenvalue weighted by Crippen LogP contribution is 2.25. The summed E-state index contributed by atoms with van der Waals surface area (Å²) in [6.45, 7) is 1.27. The normalized spacial score (nSPS) is 13.3. The number of fused-ring (bicyclic) bond motifs is 2. The number of amides is 2. The number of nitrogens with zero attached hydrogens (tertiary/aromatic N) is 2. The highest BCUT2D eigenvalue weighted by atomic mass is 32.1. The Hall–Kier alpha value is -3.03. The SMILES string of the molecule is O=C(Nc1ccc2c(c1)CN(C(=O)c1cccs1)CC2)c1ccc2ncsc2c1. The molecule has 3 heterocycles. The van der Waals surface area contributed by atoms with E-state index in [0.717, 1.165) is 32.8 Å². The first kappa shape index (κ1) is 18.0. The van der Waals surface area contributed by atoms with Gasteiger partial charge in [0, 0.05) is 24.3 Å². The van der Waals surface area contributed by atoms with E-state index in [-0.39, 0.29) is 11.8 Å². The van der Waals surface area contributed by atoms with Gasteiger partial charge in [-0.25, -0.2) is 4.98 Å². The number of rotatable bonds is 3. The second-order valence-electron chi connectivity index (χ2n) is 6.93. The van der Waals surface area contributed by atoms with E-state index in [1.165, 1.54) is 28.2 Å². The van der Waals surface area contributed by atoms with Gasteiger partial charge in [0.25, 0.3) is 11.8 Å². The first-order valence-corrected chi connectivity index (χ1v) is 11.0. The van der Waals surface area contributed by atoms with Crippen molar-refractivity contribution in [1.29, 1.82) is 0 Å². The Morgan fingerprint density at radius 3 is 2.83 bits per heavy atom. The molecule has 0 radical (unpaired) electrons. The van der Waals surface area contributed by atoms with Crippen molar-refractivity contribution in [1.82, 2.24) is 9.88 Å². The van der Waals surface area contributed by atoms with Crippen molar-refractivity contribution in [2.45, 2.75) is 13.0 Å². The van der Waals surface area contributed by atoms with Gasteiger partial charge in [-0.1, -0.05) is 12.1 Å². The standard InChI is InChI=1S/C22H17N3O2S2/c26-21(15-4-6-18-20(11-15)29-13-23-18)24-17-5-3-14-7-8-25(12-16(14)10-17)22(27)19-2-1-9-28-19/h1-6,9-11,13H,7-8,12H2,(H,24,26). The largest absolute Gasteiger partial charge is 0.333 e. The molecule has 0 aliphatic carbocycles. The topological polar surface area (TPSA) is 62.3 Å². The van der Waals surface area contributed by atoms with E-state index >= 15 is 0 Å². The molecular weight excluding hydrogens is 402 g/mol. The molecule has 0 saturated heterocycles. The Kier molecular flexibility index (Phi) is 4.61. The van der Waals surface area contributed by atoms with Crippen LogP contribution in [0.4, 0.5) is 5.69 Å². The Morgan fingerprint density at radius 1 is 1.03 bits per heavy atom. The summed E-state index contributed by atoms with van der Waals surface area (Å²) in [5.74, 6) is -0.0828. The number of anilines is 1. The highest BCUT2D eigenvalue weighted by molar-refractivity contribution is 7.16. The second-order valence-corrected chi connectivity index (χ2v) is 8.76. The van der Waals surface area contributed by atoms with Crippen molar-refractivity contribution < 1.29 is 9.59 Å². The zero-order valence-corrected chi connectivity index (χ0v) is 17.1. The number of benzene rings is 2. The number of nitrogens with one attached hydrogen (secondary N) is 1. The van der Waals surface area contributed by atoms with Gasteiger partial charge in [-0.2, -0.15) is 0 Å². The van der Waals surface area contributed by atoms with Gasteiger partial charge < -0.3 is 10.2 Å². The van der Waals surface area contributed by atoms with Crippen molar-refractivity contribution in [2.24, 2.45) is 0 Å². The van der Waals surface area contributed by atoms with E-state index in [1.54, 1.807) is 11.6 Å². The van der Waals surface area contributed by atoms with Crippen LogP contribution in [0, 0.1) is 0 Å². The number of hydrogen-bond acceptors (Lipinski definition) is 5. The summed E-state index contributed by atoms with van der Waals surface area (Å²) in [6.07, 6.45) is 0.822. The lowest BCUT2D eigenvalue weighted by Gasteiger charge is -2.29. The van der Waals surface area contributed by atoms with E-state index in [9.17, 15) is 9.59 Å². The quantitative estimate of drug-likeness (QED) is 0.518. The molecule has 0 bridgehead atoms. The van der Waals surface area contributed by atoms with E-state index in [4.69, 9.17) is 0 Å². The molecule has 2 amide bonds. The number of carbonyl (C=O) groups is 2. The van der Waals surface area contributed by atoms with Gasteiger partial charge in [0.05, 0.1) is 20.6 Å². The van der Waals surface area contributed by atoms with Crippen LogP contribution < -0.4 is 5.32 Å². The van der Waals surface area contributed by atoms with Crippen molar-refractivity contribution in [3.05, 3.63) is 81.0 Å². The maximum Gasteiger partial charge on any atom is 0.264 e. The average molecular weight is 420 g/mol. The number of thiazole rings is 1. The molecule has 0 fully saturated rings. The zero-order valence-electron chi connectivity index (χ0n) is 15.4. The molecule has 0 unspecified atom stereocenters. The monoisotopic (exact) mass is 419 g/mol. The summed E-state index contributed by atoms with van der Waals surface area (Å²) in [5, 5.41) is 4.90. The lowest BCUT2D eigenvalue weighted by atomic mass is 9.98. The smallest absolute Gasteiger partial charge is 0.264 e. The number of hydrogen-bond donors (Lipinski definition) is 1. The average Bonchev–Trinajstić information content (AvgIpc) is 3.44. The molecule has 1 aliphatic heterocycles. The Morgan fingerprint density at radius 2 is 1.97 bits per heavy atom. The summed E-state index contributed by atoms with van der Waals surface area (Å²) in [7, 11) is 0. The molecule has 7 heteroatoms. The molecule has 1 aliphatic rings. The maximum atomic E-state index is 12.7. The fourth-order valence-corrected chi connectivity index (χ4v) is 4.97. The number of aromatic nitrogens is 1. The van der Waals surface area contributed by atoms with E-state index in [1.807, 2.05) is 52.7 Å². The van der Waals surface area contributed by atoms with Crippen LogP contribution in [-0.2, 0) is 13.0 Å². The molecule has 2 aromatic carbocycles. The van der Waals surface area contributed by atoms with Crippen LogP contribution in [0.5, 0.6) is 0 Å². The molecule has 4 aromatic rings. The molecule has 2 aromatic heterocycles. The van der Waals surface area contributed by atoms with E-state index in [0.29, 0.717) is 18.7 Å². The number of thiophene rings is 1. The Bertz CT molecular complexity index is 1210. The van der Waals surface area contributed by atoms with Crippen LogP contribution in [0.25, 0.3) is 10.2 Å². The first-order chi connectivity index (χ1) is 14.2. The third-order valence-corrected chi connectivity index (χ3v) is 6.74. The Balaban J connectivity index is 1.34. The number of carbonyl (C=O) groups excluding carboxylic acids is 2. The molecular formula is C22H17N3O2S2. The Labute approximate surface area is 175 Å². The predicted molar refractivity (Wildman–Crippen MR) is 117 cm³/mol. The fourth-order valence-electron chi connectivity index (χ4n) is 3.56. The van der Waals surface area contributed by atoms with Gasteiger partial charge >= 0.3 is 0 Å². The zero-order chi connectivity index (χ0) is 19.8. The van der Waals surface area contributed by atoms with Crippen LogP contribution >= 0.6 is 22.7 Å². The third kappa shape index (κ3) is 3.54. The van der Waals surface area contributed by atoms with Gasteiger partial charge in [-0.3, -0.25) is 9.59 Å². The van der Waals surface area contributed by atoms with Crippen LogP contribution in [-0.4, -0.2) is 28.2 Å². The highest BCUT2D eigenvalue weighted by Gasteiger charge is 2.22.